The highest BCUT2D eigenvalue weighted by atomic mass is 19.4. The summed E-state index contributed by atoms with van der Waals surface area (Å²) in [7, 11) is 0. The van der Waals surface area contributed by atoms with Gasteiger partial charge in [-0.2, -0.15) is 13.2 Å². The highest BCUT2D eigenvalue weighted by Crippen LogP contribution is 2.35. The van der Waals surface area contributed by atoms with Gasteiger partial charge in [-0.05, 0) is 42.2 Å². The normalized spacial score (nSPS) is 15.8. The van der Waals surface area contributed by atoms with Crippen LogP contribution in [-0.2, 0) is 29.4 Å². The van der Waals surface area contributed by atoms with E-state index in [0.717, 1.165) is 30.5 Å². The molecule has 1 saturated carbocycles. The summed E-state index contributed by atoms with van der Waals surface area (Å²) in [4.78, 5) is 17.4. The fourth-order valence-corrected chi connectivity index (χ4v) is 3.88. The van der Waals surface area contributed by atoms with Crippen LogP contribution in [-0.4, -0.2) is 10.9 Å². The van der Waals surface area contributed by atoms with E-state index < -0.39 is 17.3 Å². The van der Waals surface area contributed by atoms with Gasteiger partial charge in [-0.3, -0.25) is 9.78 Å². The number of halogens is 3. The highest BCUT2D eigenvalue weighted by molar-refractivity contribution is 5.81. The molecule has 1 unspecified atom stereocenters. The first kappa shape index (κ1) is 21.1. The Hall–Kier alpha value is -3.15. The molecule has 0 aliphatic heterocycles. The topological polar surface area (TPSA) is 42.0 Å². The number of carbonyl (C=O) groups excluding carboxylic acids is 1. The van der Waals surface area contributed by atoms with E-state index in [4.69, 9.17) is 0 Å². The Morgan fingerprint density at radius 1 is 0.903 bits per heavy atom. The number of hydrogen-bond acceptors (Lipinski definition) is 2. The van der Waals surface area contributed by atoms with Crippen LogP contribution in [0.1, 0.15) is 35.2 Å². The van der Waals surface area contributed by atoms with Crippen LogP contribution in [0.5, 0.6) is 0 Å². The van der Waals surface area contributed by atoms with Crippen LogP contribution in [0.25, 0.3) is 0 Å². The van der Waals surface area contributed by atoms with Gasteiger partial charge in [-0.15, -0.1) is 0 Å². The molecule has 1 aliphatic carbocycles. The lowest BCUT2D eigenvalue weighted by atomic mass is 9.81. The molecule has 6 heteroatoms. The molecule has 0 spiro atoms. The van der Waals surface area contributed by atoms with Crippen molar-refractivity contribution in [3.8, 4) is 0 Å². The fraction of sp³-hybridized carbons (Fsp3) is 0.280. The summed E-state index contributed by atoms with van der Waals surface area (Å²) in [6.07, 6.45) is -0.510. The van der Waals surface area contributed by atoms with Crippen LogP contribution < -0.4 is 5.32 Å². The Bertz CT molecular complexity index is 1030. The van der Waals surface area contributed by atoms with Gasteiger partial charge in [0.25, 0.3) is 0 Å². The molecule has 3 nitrogen and oxygen atoms in total. The number of rotatable bonds is 7. The van der Waals surface area contributed by atoms with Crippen LogP contribution in [0, 0.1) is 5.92 Å². The molecule has 4 rings (SSSR count). The van der Waals surface area contributed by atoms with Gasteiger partial charge in [-0.1, -0.05) is 54.6 Å². The average molecular weight is 424 g/mol. The smallest absolute Gasteiger partial charge is 0.344 e. The van der Waals surface area contributed by atoms with Crippen molar-refractivity contribution in [2.45, 2.75) is 37.4 Å². The van der Waals surface area contributed by atoms with Gasteiger partial charge in [0.1, 0.15) is 0 Å². The molecule has 0 saturated heterocycles. The zero-order valence-electron chi connectivity index (χ0n) is 16.9. The summed E-state index contributed by atoms with van der Waals surface area (Å²) in [6, 6.07) is 20.4. The minimum Gasteiger partial charge on any atom is -0.344 e. The molecule has 1 amide bonds. The van der Waals surface area contributed by atoms with Crippen molar-refractivity contribution in [1.29, 1.82) is 0 Å². The molecule has 2 aromatic carbocycles. The van der Waals surface area contributed by atoms with E-state index in [2.05, 4.69) is 10.3 Å². The first-order valence-corrected chi connectivity index (χ1v) is 10.3. The molecule has 31 heavy (non-hydrogen) atoms. The van der Waals surface area contributed by atoms with Crippen LogP contribution in [0.3, 0.4) is 0 Å². The maximum absolute atomic E-state index is 13.3. The average Bonchev–Trinajstić information content (AvgIpc) is 3.60. The number of hydrogen-bond donors (Lipinski definition) is 1. The van der Waals surface area contributed by atoms with Crippen LogP contribution in [0.2, 0.25) is 0 Å². The number of benzene rings is 2. The highest BCUT2D eigenvalue weighted by Gasteiger charge is 2.40. The maximum atomic E-state index is 13.3. The second kappa shape index (κ2) is 8.53. The SMILES string of the molecule is O=C(NC(Cc1ccccc1)(Cc1cccc(C(F)(F)F)c1)c1ccccn1)C1CC1. The summed E-state index contributed by atoms with van der Waals surface area (Å²) >= 11 is 0. The Labute approximate surface area is 179 Å². The second-order valence-corrected chi connectivity index (χ2v) is 8.10. The van der Waals surface area contributed by atoms with E-state index in [1.54, 1.807) is 18.3 Å². The summed E-state index contributed by atoms with van der Waals surface area (Å²) in [5.41, 5.74) is 0.425. The first-order chi connectivity index (χ1) is 14.9. The minimum atomic E-state index is -4.43. The lowest BCUT2D eigenvalue weighted by molar-refractivity contribution is -0.137. The standard InChI is InChI=1S/C25H23F3N2O/c26-25(27,28)21-10-6-9-19(15-21)17-24(22-11-4-5-14-29-22,30-23(31)20-12-13-20)16-18-7-2-1-3-8-18/h1-11,14-15,20H,12-13,16-17H2,(H,30,31). The second-order valence-electron chi connectivity index (χ2n) is 8.10. The van der Waals surface area contributed by atoms with E-state index in [1.165, 1.54) is 6.07 Å². The van der Waals surface area contributed by atoms with E-state index in [-0.39, 0.29) is 18.2 Å². The summed E-state index contributed by atoms with van der Waals surface area (Å²) in [5, 5.41) is 3.18. The van der Waals surface area contributed by atoms with Crippen molar-refractivity contribution < 1.29 is 18.0 Å². The quantitative estimate of drug-likeness (QED) is 0.559. The van der Waals surface area contributed by atoms with Crippen molar-refractivity contribution in [3.63, 3.8) is 0 Å². The molecule has 160 valence electrons. The molecular weight excluding hydrogens is 401 g/mol. The molecule has 1 N–H and O–H groups in total. The Morgan fingerprint density at radius 2 is 1.58 bits per heavy atom. The monoisotopic (exact) mass is 424 g/mol. The number of pyridine rings is 1. The van der Waals surface area contributed by atoms with Crippen molar-refractivity contribution in [3.05, 3.63) is 101 Å². The zero-order valence-corrected chi connectivity index (χ0v) is 16.9. The molecule has 1 heterocycles. The molecule has 1 fully saturated rings. The third-order valence-electron chi connectivity index (χ3n) is 5.57. The molecule has 1 aliphatic rings. The minimum absolute atomic E-state index is 0.0413. The molecule has 0 bridgehead atoms. The lowest BCUT2D eigenvalue weighted by Crippen LogP contribution is -2.50. The van der Waals surface area contributed by atoms with E-state index in [0.29, 0.717) is 17.7 Å². The lowest BCUT2D eigenvalue weighted by Gasteiger charge is -2.35. The predicted octanol–water partition coefficient (Wildman–Crippen LogP) is 5.31. The van der Waals surface area contributed by atoms with E-state index in [1.807, 2.05) is 42.5 Å². The van der Waals surface area contributed by atoms with Crippen molar-refractivity contribution in [1.82, 2.24) is 10.3 Å². The number of alkyl halides is 3. The van der Waals surface area contributed by atoms with Crippen molar-refractivity contribution in [2.75, 3.05) is 0 Å². The fourth-order valence-electron chi connectivity index (χ4n) is 3.88. The number of aromatic nitrogens is 1. The van der Waals surface area contributed by atoms with Crippen molar-refractivity contribution in [2.24, 2.45) is 5.92 Å². The number of nitrogens with zero attached hydrogens (tertiary/aromatic N) is 1. The Kier molecular flexibility index (Phi) is 5.81. The van der Waals surface area contributed by atoms with Gasteiger partial charge in [0.15, 0.2) is 0 Å². The van der Waals surface area contributed by atoms with Gasteiger partial charge in [0.05, 0.1) is 16.8 Å². The van der Waals surface area contributed by atoms with E-state index in [9.17, 15) is 18.0 Å². The number of amides is 1. The van der Waals surface area contributed by atoms with Gasteiger partial charge < -0.3 is 5.32 Å². The summed E-state index contributed by atoms with van der Waals surface area (Å²) in [6.45, 7) is 0. The van der Waals surface area contributed by atoms with Gasteiger partial charge in [0, 0.05) is 25.0 Å². The summed E-state index contributed by atoms with van der Waals surface area (Å²) in [5.74, 6) is -0.117. The predicted molar refractivity (Wildman–Crippen MR) is 112 cm³/mol. The van der Waals surface area contributed by atoms with Crippen molar-refractivity contribution >= 4 is 5.91 Å². The Morgan fingerprint density at radius 3 is 2.23 bits per heavy atom. The number of carbonyl (C=O) groups is 1. The molecule has 1 atom stereocenters. The molecule has 1 aromatic heterocycles. The summed E-state index contributed by atoms with van der Waals surface area (Å²) < 4.78 is 39.9. The van der Waals surface area contributed by atoms with Gasteiger partial charge in [0.2, 0.25) is 5.91 Å². The van der Waals surface area contributed by atoms with Crippen LogP contribution in [0.15, 0.2) is 79.0 Å². The van der Waals surface area contributed by atoms with Gasteiger partial charge in [-0.25, -0.2) is 0 Å². The molecule has 3 aromatic rings. The van der Waals surface area contributed by atoms with E-state index >= 15 is 0 Å². The largest absolute Gasteiger partial charge is 0.416 e. The third-order valence-corrected chi connectivity index (χ3v) is 5.57. The van der Waals surface area contributed by atoms with Crippen LogP contribution >= 0.6 is 0 Å². The first-order valence-electron chi connectivity index (χ1n) is 10.3. The maximum Gasteiger partial charge on any atom is 0.416 e. The van der Waals surface area contributed by atoms with Crippen LogP contribution in [0.4, 0.5) is 13.2 Å². The van der Waals surface area contributed by atoms with Gasteiger partial charge >= 0.3 is 6.18 Å². The number of nitrogens with one attached hydrogen (secondary N) is 1. The molecular formula is C25H23F3N2O. The third kappa shape index (κ3) is 5.13. The molecule has 0 radical (unpaired) electrons. The Balaban J connectivity index is 1.79. The zero-order chi connectivity index (χ0) is 21.9.